The highest BCUT2D eigenvalue weighted by Crippen LogP contribution is 2.18. The van der Waals surface area contributed by atoms with Gasteiger partial charge in [-0.1, -0.05) is 41.9 Å². The van der Waals surface area contributed by atoms with Crippen molar-refractivity contribution in [2.75, 3.05) is 7.11 Å². The summed E-state index contributed by atoms with van der Waals surface area (Å²) in [7, 11) is 0.418. The minimum atomic E-state index is -1.17. The number of ether oxygens (including phenoxy) is 1. The lowest BCUT2D eigenvalue weighted by Gasteiger charge is -2.08. The predicted molar refractivity (Wildman–Crippen MR) is 110 cm³/mol. The molecule has 0 aliphatic heterocycles. The van der Waals surface area contributed by atoms with Crippen LogP contribution in [0.15, 0.2) is 65.1 Å². The highest BCUT2D eigenvalue weighted by Gasteiger charge is 2.14. The number of carbonyl (C=O) groups is 1. The van der Waals surface area contributed by atoms with Crippen LogP contribution in [0.2, 0.25) is 5.02 Å². The normalized spacial score (nSPS) is 11.8. The Balaban J connectivity index is 1.55. The number of nitrogens with one attached hydrogen (secondary N) is 1. The Morgan fingerprint density at radius 2 is 1.93 bits per heavy atom. The molecule has 3 aromatic rings. The van der Waals surface area contributed by atoms with Gasteiger partial charge in [0.25, 0.3) is 5.91 Å². The molecule has 0 unspecified atom stereocenters. The standard InChI is InChI=1S/C21H20ClNO4S/c1-26-19-8-3-2-6-16(19)12-23-21(24)20-10-9-18(27-20)14-28(25)13-15-5-4-7-17(22)11-15/h2-11H,12-14H2,1H3,(H,23,24)/t28-/m0/s1. The molecule has 1 aromatic heterocycles. The lowest BCUT2D eigenvalue weighted by Crippen LogP contribution is -2.22. The van der Waals surface area contributed by atoms with Crippen molar-refractivity contribution < 1.29 is 18.2 Å². The number of rotatable bonds is 8. The number of halogens is 1. The maximum Gasteiger partial charge on any atom is 0.287 e. The maximum absolute atomic E-state index is 12.3. The largest absolute Gasteiger partial charge is 0.496 e. The van der Waals surface area contributed by atoms with Crippen LogP contribution in [0.4, 0.5) is 0 Å². The van der Waals surface area contributed by atoms with E-state index in [-0.39, 0.29) is 17.4 Å². The fourth-order valence-corrected chi connectivity index (χ4v) is 4.05. The molecule has 28 heavy (non-hydrogen) atoms. The monoisotopic (exact) mass is 417 g/mol. The second-order valence-corrected chi connectivity index (χ2v) is 8.01. The first-order chi connectivity index (χ1) is 13.5. The van der Waals surface area contributed by atoms with Crippen LogP contribution >= 0.6 is 11.6 Å². The number of hydrogen-bond donors (Lipinski definition) is 1. The highest BCUT2D eigenvalue weighted by molar-refractivity contribution is 7.83. The van der Waals surface area contributed by atoms with Crippen molar-refractivity contribution in [3.63, 3.8) is 0 Å². The van der Waals surface area contributed by atoms with Gasteiger partial charge in [-0.05, 0) is 35.9 Å². The second kappa shape index (κ2) is 9.57. The molecule has 0 aliphatic carbocycles. The van der Waals surface area contributed by atoms with Gasteiger partial charge in [0.05, 0.1) is 12.9 Å². The van der Waals surface area contributed by atoms with Gasteiger partial charge in [0.1, 0.15) is 11.5 Å². The van der Waals surface area contributed by atoms with Crippen molar-refractivity contribution in [1.29, 1.82) is 0 Å². The zero-order valence-corrected chi connectivity index (χ0v) is 16.9. The molecule has 0 bridgehead atoms. The van der Waals surface area contributed by atoms with Crippen molar-refractivity contribution in [3.8, 4) is 5.75 Å². The molecule has 3 rings (SSSR count). The first-order valence-corrected chi connectivity index (χ1v) is 10.5. The van der Waals surface area contributed by atoms with E-state index < -0.39 is 10.8 Å². The van der Waals surface area contributed by atoms with E-state index in [2.05, 4.69) is 5.32 Å². The first kappa shape index (κ1) is 20.2. The minimum Gasteiger partial charge on any atom is -0.496 e. The smallest absolute Gasteiger partial charge is 0.287 e. The summed E-state index contributed by atoms with van der Waals surface area (Å²) in [6.45, 7) is 0.319. The SMILES string of the molecule is COc1ccccc1CNC(=O)c1ccc(C[S@@](=O)Cc2cccc(Cl)c2)o1. The van der Waals surface area contributed by atoms with Crippen LogP contribution in [0.25, 0.3) is 0 Å². The third kappa shape index (κ3) is 5.47. The van der Waals surface area contributed by atoms with Crippen LogP contribution in [0, 0.1) is 0 Å². The fraction of sp³-hybridized carbons (Fsp3) is 0.190. The molecule has 0 radical (unpaired) electrons. The summed E-state index contributed by atoms with van der Waals surface area (Å²) in [5.74, 6) is 1.66. The summed E-state index contributed by atoms with van der Waals surface area (Å²) in [4.78, 5) is 12.3. The van der Waals surface area contributed by atoms with E-state index in [1.807, 2.05) is 36.4 Å². The predicted octanol–water partition coefficient (Wildman–Crippen LogP) is 4.32. The lowest BCUT2D eigenvalue weighted by atomic mass is 10.2. The molecule has 2 aromatic carbocycles. The second-order valence-electron chi connectivity index (χ2n) is 6.12. The molecule has 1 amide bonds. The third-order valence-electron chi connectivity index (χ3n) is 4.04. The Morgan fingerprint density at radius 3 is 2.71 bits per heavy atom. The van der Waals surface area contributed by atoms with E-state index in [9.17, 15) is 9.00 Å². The van der Waals surface area contributed by atoms with Crippen molar-refractivity contribution in [3.05, 3.63) is 88.3 Å². The summed E-state index contributed by atoms with van der Waals surface area (Å²) >= 11 is 5.95. The molecule has 1 heterocycles. The topological polar surface area (TPSA) is 68.5 Å². The van der Waals surface area contributed by atoms with E-state index >= 15 is 0 Å². The summed E-state index contributed by atoms with van der Waals surface area (Å²) in [5, 5.41) is 3.41. The summed E-state index contributed by atoms with van der Waals surface area (Å²) in [6, 6.07) is 18.0. The van der Waals surface area contributed by atoms with Crippen LogP contribution in [0.1, 0.15) is 27.4 Å². The number of para-hydroxylation sites is 1. The van der Waals surface area contributed by atoms with Crippen LogP contribution in [0.3, 0.4) is 0 Å². The van der Waals surface area contributed by atoms with E-state index in [0.29, 0.717) is 28.8 Å². The van der Waals surface area contributed by atoms with Gasteiger partial charge >= 0.3 is 0 Å². The van der Waals surface area contributed by atoms with Gasteiger partial charge in [0.2, 0.25) is 0 Å². The Morgan fingerprint density at radius 1 is 1.11 bits per heavy atom. The van der Waals surface area contributed by atoms with Crippen LogP contribution in [0.5, 0.6) is 5.75 Å². The van der Waals surface area contributed by atoms with Crippen LogP contribution in [-0.4, -0.2) is 17.2 Å². The molecular formula is C21H20ClNO4S. The molecular weight excluding hydrogens is 398 g/mol. The van der Waals surface area contributed by atoms with E-state index in [1.54, 1.807) is 31.4 Å². The average molecular weight is 418 g/mol. The van der Waals surface area contributed by atoms with E-state index in [0.717, 1.165) is 11.1 Å². The first-order valence-electron chi connectivity index (χ1n) is 8.63. The molecule has 0 saturated heterocycles. The molecule has 7 heteroatoms. The lowest BCUT2D eigenvalue weighted by molar-refractivity contribution is 0.0921. The summed E-state index contributed by atoms with van der Waals surface area (Å²) < 4.78 is 23.2. The van der Waals surface area contributed by atoms with Gasteiger partial charge in [-0.3, -0.25) is 9.00 Å². The molecule has 0 saturated carbocycles. The molecule has 0 spiro atoms. The molecule has 1 atom stereocenters. The van der Waals surface area contributed by atoms with Crippen molar-refractivity contribution in [2.24, 2.45) is 0 Å². The number of amides is 1. The summed E-state index contributed by atoms with van der Waals surface area (Å²) in [6.07, 6.45) is 0. The van der Waals surface area contributed by atoms with Crippen LogP contribution < -0.4 is 10.1 Å². The van der Waals surface area contributed by atoms with Gasteiger partial charge in [-0.25, -0.2) is 0 Å². The van der Waals surface area contributed by atoms with Crippen molar-refractivity contribution in [2.45, 2.75) is 18.1 Å². The van der Waals surface area contributed by atoms with E-state index in [4.69, 9.17) is 20.8 Å². The average Bonchev–Trinajstić information content (AvgIpc) is 3.14. The van der Waals surface area contributed by atoms with E-state index in [1.165, 1.54) is 0 Å². The van der Waals surface area contributed by atoms with Gasteiger partial charge in [0, 0.05) is 33.7 Å². The number of furan rings is 1. The van der Waals surface area contributed by atoms with Gasteiger partial charge in [0.15, 0.2) is 5.76 Å². The maximum atomic E-state index is 12.3. The Hall–Kier alpha value is -2.57. The Kier molecular flexibility index (Phi) is 6.90. The molecule has 1 N–H and O–H groups in total. The van der Waals surface area contributed by atoms with Crippen molar-refractivity contribution >= 4 is 28.3 Å². The van der Waals surface area contributed by atoms with Crippen LogP contribution in [-0.2, 0) is 28.9 Å². The van der Waals surface area contributed by atoms with Gasteiger partial charge in [-0.2, -0.15) is 0 Å². The molecule has 146 valence electrons. The zero-order chi connectivity index (χ0) is 19.9. The highest BCUT2D eigenvalue weighted by atomic mass is 35.5. The zero-order valence-electron chi connectivity index (χ0n) is 15.3. The molecule has 0 fully saturated rings. The number of carbonyl (C=O) groups excluding carboxylic acids is 1. The molecule has 0 aliphatic rings. The number of benzene rings is 2. The van der Waals surface area contributed by atoms with Crippen molar-refractivity contribution in [1.82, 2.24) is 5.32 Å². The Labute approximate surface area is 171 Å². The van der Waals surface area contributed by atoms with Gasteiger partial charge in [-0.15, -0.1) is 0 Å². The summed E-state index contributed by atoms with van der Waals surface area (Å²) in [5.41, 5.74) is 1.76. The minimum absolute atomic E-state index is 0.185. The third-order valence-corrected chi connectivity index (χ3v) is 5.53. The fourth-order valence-electron chi connectivity index (χ4n) is 2.71. The molecule has 5 nitrogen and oxygen atoms in total. The Bertz CT molecular complexity index is 986. The number of methoxy groups -OCH3 is 1. The quantitative estimate of drug-likeness (QED) is 0.592. The number of hydrogen-bond acceptors (Lipinski definition) is 4. The van der Waals surface area contributed by atoms with Gasteiger partial charge < -0.3 is 14.5 Å².